The third-order valence-electron chi connectivity index (χ3n) is 5.78. The van der Waals surface area contributed by atoms with E-state index in [-0.39, 0.29) is 17.0 Å². The maximum Gasteiger partial charge on any atom is 0.592 e. The van der Waals surface area contributed by atoms with Crippen LogP contribution in [0.1, 0.15) is 33.9 Å². The minimum absolute atomic E-state index is 0.0976. The predicted molar refractivity (Wildman–Crippen MR) is 127 cm³/mol. The highest BCUT2D eigenvalue weighted by atomic mass is 31.2. The molecule has 3 heterocycles. The van der Waals surface area contributed by atoms with E-state index in [2.05, 4.69) is 15.0 Å². The lowest BCUT2D eigenvalue weighted by molar-refractivity contribution is -0.144. The predicted octanol–water partition coefficient (Wildman–Crippen LogP) is -0.795. The van der Waals surface area contributed by atoms with Gasteiger partial charge in [0.05, 0.1) is 12.9 Å². The van der Waals surface area contributed by atoms with Gasteiger partial charge in [-0.1, -0.05) is 27.7 Å². The van der Waals surface area contributed by atoms with E-state index in [1.165, 1.54) is 17.2 Å². The van der Waals surface area contributed by atoms with Gasteiger partial charge in [0.2, 0.25) is 0 Å². The summed E-state index contributed by atoms with van der Waals surface area (Å²) in [5.41, 5.74) is 17.8. The molecule has 6 atom stereocenters. The summed E-state index contributed by atoms with van der Waals surface area (Å²) in [6.45, 7) is 5.79. The Morgan fingerprint density at radius 1 is 1.05 bits per heavy atom. The van der Waals surface area contributed by atoms with E-state index in [0.29, 0.717) is 0 Å². The Hall–Kier alpha value is -2.72. The van der Waals surface area contributed by atoms with Gasteiger partial charge in [-0.15, -0.1) is 0 Å². The zero-order valence-corrected chi connectivity index (χ0v) is 21.6. The van der Waals surface area contributed by atoms with Crippen LogP contribution in [0, 0.1) is 11.8 Å². The summed E-state index contributed by atoms with van der Waals surface area (Å²) < 4.78 is 35.3. The van der Waals surface area contributed by atoms with E-state index in [1.54, 1.807) is 27.7 Å². The second kappa shape index (κ2) is 11.3. The molecule has 8 N–H and O–H groups in total. The van der Waals surface area contributed by atoms with Crippen molar-refractivity contribution in [2.75, 3.05) is 12.3 Å². The molecule has 0 radical (unpaired) electrons. The van der Waals surface area contributed by atoms with Gasteiger partial charge in [0.15, 0.2) is 17.7 Å². The minimum Gasteiger partial charge on any atom is -0.387 e. The highest BCUT2D eigenvalue weighted by molar-refractivity contribution is 7.49. The average molecular weight is 545 g/mol. The number of nitrogens with zero attached hydrogens (tertiary/aromatic N) is 4. The summed E-state index contributed by atoms with van der Waals surface area (Å²) >= 11 is 0. The zero-order valence-electron chi connectivity index (χ0n) is 20.7. The molecule has 0 aromatic carbocycles. The summed E-state index contributed by atoms with van der Waals surface area (Å²) in [6.07, 6.45) is -3.09. The Morgan fingerprint density at radius 2 is 1.62 bits per heavy atom. The van der Waals surface area contributed by atoms with Gasteiger partial charge in [-0.3, -0.25) is 9.09 Å². The molecule has 17 heteroatoms. The number of aromatic nitrogens is 4. The van der Waals surface area contributed by atoms with E-state index < -0.39 is 74.8 Å². The Balaban J connectivity index is 1.78. The van der Waals surface area contributed by atoms with Crippen molar-refractivity contribution in [3.63, 3.8) is 0 Å². The normalized spacial score (nSPS) is 23.9. The number of anilines is 1. The molecule has 0 unspecified atom stereocenters. The number of hydrogen-bond donors (Lipinski definition) is 5. The lowest BCUT2D eigenvalue weighted by atomic mass is 10.1. The van der Waals surface area contributed by atoms with Crippen molar-refractivity contribution < 1.29 is 42.7 Å². The van der Waals surface area contributed by atoms with Crippen molar-refractivity contribution in [2.45, 2.75) is 64.3 Å². The van der Waals surface area contributed by atoms with Crippen LogP contribution in [0.3, 0.4) is 0 Å². The van der Waals surface area contributed by atoms with Crippen LogP contribution in [-0.2, 0) is 32.5 Å². The molecule has 0 aliphatic carbocycles. The van der Waals surface area contributed by atoms with Gasteiger partial charge < -0.3 is 41.2 Å². The van der Waals surface area contributed by atoms with Crippen molar-refractivity contribution in [3.8, 4) is 0 Å². The van der Waals surface area contributed by atoms with Crippen LogP contribution in [0.15, 0.2) is 12.7 Å². The maximum absolute atomic E-state index is 13.3. The fraction of sp³-hybridized carbons (Fsp3) is 0.650. The summed E-state index contributed by atoms with van der Waals surface area (Å²) in [5, 5.41) is 21.1. The second-order valence-corrected chi connectivity index (χ2v) is 10.8. The van der Waals surface area contributed by atoms with Crippen molar-refractivity contribution in [1.82, 2.24) is 19.5 Å². The van der Waals surface area contributed by atoms with Gasteiger partial charge in [0.1, 0.15) is 42.2 Å². The smallest absolute Gasteiger partial charge is 0.387 e. The van der Waals surface area contributed by atoms with Crippen molar-refractivity contribution in [1.29, 1.82) is 0 Å². The monoisotopic (exact) mass is 545 g/mol. The fourth-order valence-corrected chi connectivity index (χ4v) is 4.43. The van der Waals surface area contributed by atoms with Gasteiger partial charge in [0, 0.05) is 0 Å². The van der Waals surface area contributed by atoms with Crippen LogP contribution in [-0.4, -0.2) is 78.7 Å². The van der Waals surface area contributed by atoms with Crippen LogP contribution in [0.25, 0.3) is 11.2 Å². The van der Waals surface area contributed by atoms with Crippen LogP contribution >= 0.6 is 7.82 Å². The maximum atomic E-state index is 13.3. The van der Waals surface area contributed by atoms with Crippen LogP contribution in [0.5, 0.6) is 0 Å². The number of nitrogen functional groups attached to an aromatic ring is 1. The Morgan fingerprint density at radius 3 is 2.16 bits per heavy atom. The number of ether oxygens (including phenoxy) is 1. The van der Waals surface area contributed by atoms with E-state index >= 15 is 0 Å². The van der Waals surface area contributed by atoms with Gasteiger partial charge in [-0.2, -0.15) is 0 Å². The number of rotatable bonds is 10. The minimum atomic E-state index is -4.93. The molecule has 0 saturated carbocycles. The third-order valence-corrected chi connectivity index (χ3v) is 7.05. The molecule has 0 amide bonds. The summed E-state index contributed by atoms with van der Waals surface area (Å²) in [7, 11) is -4.93. The molecule has 16 nitrogen and oxygen atoms in total. The van der Waals surface area contributed by atoms with Gasteiger partial charge >= 0.3 is 19.8 Å². The molecule has 0 spiro atoms. The quantitative estimate of drug-likeness (QED) is 0.229. The van der Waals surface area contributed by atoms with Crippen molar-refractivity contribution >= 4 is 36.7 Å². The number of imidazole rings is 1. The number of hydrogen-bond acceptors (Lipinski definition) is 15. The zero-order chi connectivity index (χ0) is 27.7. The first kappa shape index (κ1) is 28.8. The summed E-state index contributed by atoms with van der Waals surface area (Å²) in [4.78, 5) is 36.7. The molecular formula is C20H32N7O9P. The molecule has 1 fully saturated rings. The second-order valence-electron chi connectivity index (χ2n) is 9.23. The molecule has 0 bridgehead atoms. The number of aliphatic hydroxyl groups is 2. The Labute approximate surface area is 212 Å². The SMILES string of the molecule is CC(C)[C@H](N)C(=O)OP(=O)(OC[C@H]1O[C@@H](n2cnc3c(N)ncnc32)[C@H](O)[C@@H]1O)OC(=O)[C@@H](N)C(C)C. The van der Waals surface area contributed by atoms with Crippen LogP contribution < -0.4 is 17.2 Å². The number of carbonyl (C=O) groups excluding carboxylic acids is 2. The van der Waals surface area contributed by atoms with E-state index in [9.17, 15) is 24.4 Å². The number of carbonyl (C=O) groups is 2. The van der Waals surface area contributed by atoms with Crippen molar-refractivity contribution in [3.05, 3.63) is 12.7 Å². The number of fused-ring (bicyclic) bond motifs is 1. The van der Waals surface area contributed by atoms with Crippen molar-refractivity contribution in [2.24, 2.45) is 23.3 Å². The molecule has 3 rings (SSSR count). The Bertz CT molecular complexity index is 1140. The fourth-order valence-electron chi connectivity index (χ4n) is 3.28. The first-order valence-electron chi connectivity index (χ1n) is 11.4. The van der Waals surface area contributed by atoms with Gasteiger partial charge in [-0.05, 0) is 11.8 Å². The first-order chi connectivity index (χ1) is 17.3. The van der Waals surface area contributed by atoms with E-state index in [1.807, 2.05) is 0 Å². The lowest BCUT2D eigenvalue weighted by Gasteiger charge is -2.23. The molecule has 2 aromatic heterocycles. The van der Waals surface area contributed by atoms with Gasteiger partial charge in [0.25, 0.3) is 0 Å². The summed E-state index contributed by atoms with van der Waals surface area (Å²) in [5.74, 6) is -2.98. The number of phosphoric acid groups is 1. The molecule has 206 valence electrons. The van der Waals surface area contributed by atoms with E-state index in [0.717, 1.165) is 0 Å². The van der Waals surface area contributed by atoms with Gasteiger partial charge in [-0.25, -0.2) is 29.1 Å². The topological polar surface area (TPSA) is 250 Å². The third kappa shape index (κ3) is 6.23. The number of phosphoric ester groups is 1. The molecule has 1 aliphatic rings. The lowest BCUT2D eigenvalue weighted by Crippen LogP contribution is -2.39. The molecule has 1 aliphatic heterocycles. The average Bonchev–Trinajstić information content (AvgIpc) is 3.38. The molecular weight excluding hydrogens is 513 g/mol. The highest BCUT2D eigenvalue weighted by Gasteiger charge is 2.47. The standard InChI is InChI=1S/C20H32N7O9P/c1-8(2)11(21)19(30)35-37(32,36-20(31)12(22)9(3)4)33-5-10-14(28)15(29)18(34-10)27-7-26-13-16(23)24-6-25-17(13)27/h6-12,14-15,18,28-29H,5,21-22H2,1-4H3,(H2,23,24,25)/t10-,11+,12+,14-,15-,18-/m1/s1. The largest absolute Gasteiger partial charge is 0.592 e. The first-order valence-corrected chi connectivity index (χ1v) is 12.9. The summed E-state index contributed by atoms with van der Waals surface area (Å²) in [6, 6.07) is -2.39. The van der Waals surface area contributed by atoms with Crippen LogP contribution in [0.4, 0.5) is 5.82 Å². The number of nitrogens with two attached hydrogens (primary N) is 3. The molecule has 37 heavy (non-hydrogen) atoms. The molecule has 1 saturated heterocycles. The highest BCUT2D eigenvalue weighted by Crippen LogP contribution is 2.51. The van der Waals surface area contributed by atoms with E-state index in [4.69, 9.17) is 35.5 Å². The van der Waals surface area contributed by atoms with Crippen LogP contribution in [0.2, 0.25) is 0 Å². The number of aliphatic hydroxyl groups excluding tert-OH is 2. The Kier molecular flexibility index (Phi) is 8.85. The molecule has 2 aromatic rings.